The van der Waals surface area contributed by atoms with Crippen molar-refractivity contribution >= 4 is 38.9 Å². The van der Waals surface area contributed by atoms with E-state index in [1.807, 2.05) is 24.3 Å². The number of benzene rings is 1. The van der Waals surface area contributed by atoms with Gasteiger partial charge >= 0.3 is 5.30 Å². The lowest BCUT2D eigenvalue weighted by molar-refractivity contribution is -0.121. The van der Waals surface area contributed by atoms with Gasteiger partial charge in [-0.05, 0) is 36.4 Å². The second-order valence-corrected chi connectivity index (χ2v) is 6.66. The fourth-order valence-electron chi connectivity index (χ4n) is 2.31. The van der Waals surface area contributed by atoms with Crippen molar-refractivity contribution in [2.45, 2.75) is 19.3 Å². The molecule has 5 nitrogen and oxygen atoms in total. The first-order valence-corrected chi connectivity index (χ1v) is 8.81. The van der Waals surface area contributed by atoms with Crippen molar-refractivity contribution in [1.29, 1.82) is 5.26 Å². The molecule has 1 aromatic carbocycles. The summed E-state index contributed by atoms with van der Waals surface area (Å²) in [5, 5.41) is 11.8. The zero-order valence-corrected chi connectivity index (χ0v) is 14.9. The molecular formula is C16H15BrN2O3S. The van der Waals surface area contributed by atoms with Crippen molar-refractivity contribution in [2.75, 3.05) is 12.4 Å². The van der Waals surface area contributed by atoms with Crippen LogP contribution < -0.4 is 5.32 Å². The van der Waals surface area contributed by atoms with Crippen LogP contribution in [0, 0.1) is 11.3 Å². The summed E-state index contributed by atoms with van der Waals surface area (Å²) in [7, 11) is 0. The highest BCUT2D eigenvalue weighted by atomic mass is 79.9. The second kappa shape index (κ2) is 8.18. The summed E-state index contributed by atoms with van der Waals surface area (Å²) in [6, 6.07) is 9.72. The summed E-state index contributed by atoms with van der Waals surface area (Å²) >= 11 is 4.31. The number of rotatable bonds is 4. The van der Waals surface area contributed by atoms with E-state index in [2.05, 4.69) is 27.3 Å². The topological polar surface area (TPSA) is 79.2 Å². The Kier molecular flexibility index (Phi) is 6.25. The Balaban J connectivity index is 2.26. The van der Waals surface area contributed by atoms with Gasteiger partial charge in [0.1, 0.15) is 0 Å². The highest BCUT2D eigenvalue weighted by Crippen LogP contribution is 2.33. The lowest BCUT2D eigenvalue weighted by atomic mass is 9.85. The largest absolute Gasteiger partial charge is 0.458 e. The summed E-state index contributed by atoms with van der Waals surface area (Å²) < 4.78 is 5.79. The van der Waals surface area contributed by atoms with Gasteiger partial charge in [-0.3, -0.25) is 4.79 Å². The van der Waals surface area contributed by atoms with E-state index < -0.39 is 5.30 Å². The first-order chi connectivity index (χ1) is 11.0. The van der Waals surface area contributed by atoms with Crippen molar-refractivity contribution in [1.82, 2.24) is 5.32 Å². The quantitative estimate of drug-likeness (QED) is 0.787. The minimum atomic E-state index is -0.419. The van der Waals surface area contributed by atoms with E-state index in [0.717, 1.165) is 21.8 Å². The van der Waals surface area contributed by atoms with Crippen LogP contribution in [0.3, 0.4) is 0 Å². The van der Waals surface area contributed by atoms with Crippen molar-refractivity contribution in [3.63, 3.8) is 0 Å². The van der Waals surface area contributed by atoms with E-state index in [-0.39, 0.29) is 24.0 Å². The van der Waals surface area contributed by atoms with Crippen molar-refractivity contribution in [3.05, 3.63) is 45.6 Å². The monoisotopic (exact) mass is 394 g/mol. The molecule has 0 fully saturated rings. The third-order valence-corrected chi connectivity index (χ3v) is 4.66. The van der Waals surface area contributed by atoms with Gasteiger partial charge in [0.2, 0.25) is 5.91 Å². The summed E-state index contributed by atoms with van der Waals surface area (Å²) in [6.45, 7) is 2.02. The molecular weight excluding hydrogens is 380 g/mol. The smallest absolute Gasteiger partial charge is 0.367 e. The second-order valence-electron chi connectivity index (χ2n) is 4.83. The van der Waals surface area contributed by atoms with Crippen LogP contribution >= 0.6 is 27.7 Å². The molecule has 1 unspecified atom stereocenters. The number of allylic oxidation sites excluding steroid dienone is 1. The number of hydrogen-bond donors (Lipinski definition) is 1. The van der Waals surface area contributed by atoms with Gasteiger partial charge in [0.15, 0.2) is 0 Å². The van der Waals surface area contributed by atoms with Crippen LogP contribution in [0.2, 0.25) is 0 Å². The van der Waals surface area contributed by atoms with Gasteiger partial charge in [0, 0.05) is 28.3 Å². The Morgan fingerprint density at radius 2 is 2.17 bits per heavy atom. The molecule has 0 spiro atoms. The van der Waals surface area contributed by atoms with Crippen LogP contribution in [0.4, 0.5) is 4.79 Å². The van der Waals surface area contributed by atoms with Gasteiger partial charge < -0.3 is 10.1 Å². The minimum Gasteiger partial charge on any atom is -0.458 e. The summed E-state index contributed by atoms with van der Waals surface area (Å²) in [6.07, 6.45) is 0.220. The van der Waals surface area contributed by atoms with Gasteiger partial charge in [0.25, 0.3) is 0 Å². The third kappa shape index (κ3) is 4.60. The Bertz CT molecular complexity index is 680. The molecule has 1 N–H and O–H groups in total. The molecule has 0 bridgehead atoms. The number of halogens is 1. The maximum Gasteiger partial charge on any atom is 0.367 e. The van der Waals surface area contributed by atoms with Crippen molar-refractivity contribution in [3.8, 4) is 6.07 Å². The van der Waals surface area contributed by atoms with Gasteiger partial charge in [-0.1, -0.05) is 28.1 Å². The standard InChI is InChI=1S/C16H15BrN2O3S/c1-2-22-16(21)23-9-14-13(8-18)12(7-15(20)19-14)10-3-5-11(17)6-4-10/h3-6,12H,2,7,9H2,1H3,(H,19,20). The minimum absolute atomic E-state index is 0.156. The number of nitriles is 1. The normalized spacial score (nSPS) is 17.4. The molecule has 0 saturated carbocycles. The number of nitrogens with zero attached hydrogens (tertiary/aromatic N) is 1. The van der Waals surface area contributed by atoms with Crippen LogP contribution in [-0.2, 0) is 9.53 Å². The van der Waals surface area contributed by atoms with E-state index in [1.165, 1.54) is 0 Å². The summed E-state index contributed by atoms with van der Waals surface area (Å²) in [5.41, 5.74) is 1.87. The molecule has 23 heavy (non-hydrogen) atoms. The number of thioether (sulfide) groups is 1. The maximum absolute atomic E-state index is 12.0. The van der Waals surface area contributed by atoms with Crippen LogP contribution in [0.15, 0.2) is 40.0 Å². The highest BCUT2D eigenvalue weighted by Gasteiger charge is 2.29. The number of hydrogen-bond acceptors (Lipinski definition) is 5. The number of carbonyl (C=O) groups is 2. The van der Waals surface area contributed by atoms with Crippen LogP contribution in [0.25, 0.3) is 0 Å². The molecule has 0 saturated heterocycles. The van der Waals surface area contributed by atoms with Crippen LogP contribution in [0.5, 0.6) is 0 Å². The number of ether oxygens (including phenoxy) is 1. The van der Waals surface area contributed by atoms with Crippen LogP contribution in [-0.4, -0.2) is 23.6 Å². The number of amides is 1. The SMILES string of the molecule is CCOC(=O)SCC1=C(C#N)C(c2ccc(Br)cc2)CC(=O)N1. The molecule has 1 aromatic rings. The maximum atomic E-state index is 12.0. The van der Waals surface area contributed by atoms with Gasteiger partial charge in [-0.25, -0.2) is 4.79 Å². The fraction of sp³-hybridized carbons (Fsp3) is 0.312. The molecule has 1 atom stereocenters. The third-order valence-electron chi connectivity index (χ3n) is 3.34. The molecule has 1 amide bonds. The van der Waals surface area contributed by atoms with Crippen LogP contribution in [0.1, 0.15) is 24.8 Å². The van der Waals surface area contributed by atoms with Crippen molar-refractivity contribution < 1.29 is 14.3 Å². The average molecular weight is 395 g/mol. The number of carbonyl (C=O) groups excluding carboxylic acids is 2. The van der Waals surface area contributed by atoms with E-state index in [9.17, 15) is 14.9 Å². The molecule has 0 radical (unpaired) electrons. The Hall–Kier alpha value is -1.78. The van der Waals surface area contributed by atoms with E-state index in [0.29, 0.717) is 17.9 Å². The molecule has 120 valence electrons. The summed E-state index contributed by atoms with van der Waals surface area (Å²) in [4.78, 5) is 23.4. The highest BCUT2D eigenvalue weighted by molar-refractivity contribution is 9.10. The Morgan fingerprint density at radius 1 is 1.48 bits per heavy atom. The van der Waals surface area contributed by atoms with E-state index in [1.54, 1.807) is 6.92 Å². The molecule has 1 aliphatic rings. The Labute approximate surface area is 147 Å². The Morgan fingerprint density at radius 3 is 2.78 bits per heavy atom. The first kappa shape index (κ1) is 17.6. The molecule has 0 aliphatic carbocycles. The predicted molar refractivity (Wildman–Crippen MR) is 91.8 cm³/mol. The molecule has 1 heterocycles. The molecule has 1 aliphatic heterocycles. The first-order valence-electron chi connectivity index (χ1n) is 7.03. The van der Waals surface area contributed by atoms with Gasteiger partial charge in [-0.15, -0.1) is 0 Å². The zero-order chi connectivity index (χ0) is 16.8. The van der Waals surface area contributed by atoms with E-state index in [4.69, 9.17) is 4.74 Å². The molecule has 0 aromatic heterocycles. The van der Waals surface area contributed by atoms with Gasteiger partial charge in [0.05, 0.1) is 18.2 Å². The fourth-order valence-corrected chi connectivity index (χ4v) is 3.27. The molecule has 2 rings (SSSR count). The van der Waals surface area contributed by atoms with Crippen molar-refractivity contribution in [2.24, 2.45) is 0 Å². The number of nitrogens with one attached hydrogen (secondary N) is 1. The average Bonchev–Trinajstić information content (AvgIpc) is 2.53. The lowest BCUT2D eigenvalue weighted by Gasteiger charge is -2.25. The predicted octanol–water partition coefficient (Wildman–Crippen LogP) is 3.72. The zero-order valence-electron chi connectivity index (χ0n) is 12.5. The molecule has 7 heteroatoms. The summed E-state index contributed by atoms with van der Waals surface area (Å²) in [5.74, 6) is -0.239. The van der Waals surface area contributed by atoms with E-state index >= 15 is 0 Å². The lowest BCUT2D eigenvalue weighted by Crippen LogP contribution is -2.33. The van der Waals surface area contributed by atoms with Gasteiger partial charge in [-0.2, -0.15) is 5.26 Å².